The maximum absolute atomic E-state index is 13.6. The Balaban J connectivity index is 1.38. The molecule has 0 radical (unpaired) electrons. The Morgan fingerprint density at radius 1 is 0.968 bits per heavy atom. The lowest BCUT2D eigenvalue weighted by atomic mass is 9.78. The standard InChI is InChI=1S/C26H33N3O2/c27-24(19-20-9-3-1-4-10-20)28-23-15-17-29(18-16-23)25(30)26(31,22-13-7-8-14-22)21-11-5-2-6-12-21/h1-6,9-12,22-23,31H,7-8,13-19H2,(H2,27,28)/t26-/m0/s1. The predicted octanol–water partition coefficient (Wildman–Crippen LogP) is 3.86. The number of hydrogen-bond donors (Lipinski definition) is 3. The van der Waals surface area contributed by atoms with E-state index >= 15 is 0 Å². The summed E-state index contributed by atoms with van der Waals surface area (Å²) in [5.41, 5.74) is 0.409. The number of nitrogens with zero attached hydrogens (tertiary/aromatic N) is 1. The number of hydrogen-bond acceptors (Lipinski definition) is 3. The topological polar surface area (TPSA) is 76.4 Å². The third-order valence-corrected chi connectivity index (χ3v) is 6.87. The smallest absolute Gasteiger partial charge is 0.259 e. The highest BCUT2D eigenvalue weighted by Gasteiger charge is 2.48. The van der Waals surface area contributed by atoms with E-state index in [0.29, 0.717) is 25.3 Å². The fraction of sp³-hybridized carbons (Fsp3) is 0.462. The monoisotopic (exact) mass is 419 g/mol. The minimum atomic E-state index is -1.43. The molecule has 2 aliphatic rings. The van der Waals surface area contributed by atoms with Crippen LogP contribution in [0.3, 0.4) is 0 Å². The zero-order valence-electron chi connectivity index (χ0n) is 18.1. The molecule has 2 aromatic carbocycles. The Labute approximate surface area is 185 Å². The second kappa shape index (κ2) is 9.65. The van der Waals surface area contributed by atoms with Crippen molar-refractivity contribution in [3.05, 3.63) is 71.8 Å². The van der Waals surface area contributed by atoms with Crippen LogP contribution >= 0.6 is 0 Å². The van der Waals surface area contributed by atoms with Crippen LogP contribution in [0.4, 0.5) is 0 Å². The third kappa shape index (κ3) is 4.82. The largest absolute Gasteiger partial charge is 0.375 e. The molecule has 164 valence electrons. The Bertz CT molecular complexity index is 872. The summed E-state index contributed by atoms with van der Waals surface area (Å²) in [7, 11) is 0. The van der Waals surface area contributed by atoms with Crippen molar-refractivity contribution in [2.75, 3.05) is 13.1 Å². The number of piperidine rings is 1. The summed E-state index contributed by atoms with van der Waals surface area (Å²) in [5.74, 6) is 0.350. The van der Waals surface area contributed by atoms with E-state index in [4.69, 9.17) is 5.41 Å². The maximum atomic E-state index is 13.6. The fourth-order valence-corrected chi connectivity index (χ4v) is 5.14. The van der Waals surface area contributed by atoms with E-state index in [1.54, 1.807) is 0 Å². The molecule has 1 aliphatic carbocycles. The summed E-state index contributed by atoms with van der Waals surface area (Å²) in [4.78, 5) is 15.4. The van der Waals surface area contributed by atoms with E-state index in [1.807, 2.05) is 65.6 Å². The van der Waals surface area contributed by atoms with Gasteiger partial charge in [-0.05, 0) is 36.8 Å². The molecule has 1 heterocycles. The number of nitrogens with one attached hydrogen (secondary N) is 2. The molecule has 0 unspecified atom stereocenters. The van der Waals surface area contributed by atoms with E-state index in [-0.39, 0.29) is 17.9 Å². The van der Waals surface area contributed by atoms with Crippen molar-refractivity contribution >= 4 is 11.7 Å². The van der Waals surface area contributed by atoms with Gasteiger partial charge in [0.15, 0.2) is 5.60 Å². The van der Waals surface area contributed by atoms with Crippen molar-refractivity contribution in [1.82, 2.24) is 10.2 Å². The average molecular weight is 420 g/mol. The Hall–Kier alpha value is -2.66. The molecule has 1 saturated carbocycles. The maximum Gasteiger partial charge on any atom is 0.259 e. The second-order valence-electron chi connectivity index (χ2n) is 8.97. The molecule has 1 atom stereocenters. The van der Waals surface area contributed by atoms with Gasteiger partial charge in [-0.2, -0.15) is 0 Å². The lowest BCUT2D eigenvalue weighted by Crippen LogP contribution is -2.55. The van der Waals surface area contributed by atoms with E-state index in [1.165, 1.54) is 0 Å². The number of rotatable bonds is 6. The van der Waals surface area contributed by atoms with E-state index in [2.05, 4.69) is 5.32 Å². The molecule has 1 amide bonds. The van der Waals surface area contributed by atoms with Gasteiger partial charge in [-0.3, -0.25) is 10.2 Å². The highest BCUT2D eigenvalue weighted by Crippen LogP contribution is 2.42. The number of likely N-dealkylation sites (tertiary alicyclic amines) is 1. The summed E-state index contributed by atoms with van der Waals surface area (Å²) in [5, 5.41) is 23.4. The number of amidine groups is 1. The zero-order valence-corrected chi connectivity index (χ0v) is 18.1. The zero-order chi connectivity index (χ0) is 21.7. The van der Waals surface area contributed by atoms with Crippen molar-refractivity contribution in [3.8, 4) is 0 Å². The minimum absolute atomic E-state index is 0.0164. The van der Waals surface area contributed by atoms with Crippen LogP contribution in [0, 0.1) is 11.3 Å². The van der Waals surface area contributed by atoms with Gasteiger partial charge in [-0.1, -0.05) is 73.5 Å². The van der Waals surface area contributed by atoms with Gasteiger partial charge < -0.3 is 15.3 Å². The molecule has 5 heteroatoms. The Morgan fingerprint density at radius 3 is 2.16 bits per heavy atom. The first-order valence-corrected chi connectivity index (χ1v) is 11.5. The summed E-state index contributed by atoms with van der Waals surface area (Å²) in [6.45, 7) is 1.22. The molecule has 0 spiro atoms. The molecular formula is C26H33N3O2. The first kappa shape index (κ1) is 21.6. The normalized spacial score (nSPS) is 19.7. The van der Waals surface area contributed by atoms with E-state index in [9.17, 15) is 9.90 Å². The van der Waals surface area contributed by atoms with Gasteiger partial charge in [0.05, 0.1) is 5.84 Å². The van der Waals surface area contributed by atoms with Crippen molar-refractivity contribution in [2.45, 2.75) is 56.6 Å². The van der Waals surface area contributed by atoms with Crippen molar-refractivity contribution in [3.63, 3.8) is 0 Å². The molecule has 3 N–H and O–H groups in total. The van der Waals surface area contributed by atoms with Crippen LogP contribution in [0.1, 0.15) is 49.7 Å². The SMILES string of the molecule is N=C(Cc1ccccc1)NC1CCN(C(=O)[C@](O)(c2ccccc2)C2CCCC2)CC1. The number of aliphatic hydroxyl groups is 1. The van der Waals surface area contributed by atoms with Gasteiger partial charge in [0.1, 0.15) is 0 Å². The summed E-state index contributed by atoms with van der Waals surface area (Å²) in [6, 6.07) is 19.7. The molecule has 4 rings (SSSR count). The van der Waals surface area contributed by atoms with Crippen LogP contribution in [0.25, 0.3) is 0 Å². The van der Waals surface area contributed by atoms with Crippen LogP contribution in [0.2, 0.25) is 0 Å². The van der Waals surface area contributed by atoms with Gasteiger partial charge in [0.2, 0.25) is 0 Å². The van der Waals surface area contributed by atoms with Crippen LogP contribution in [-0.4, -0.2) is 40.9 Å². The molecule has 0 bridgehead atoms. The van der Waals surface area contributed by atoms with Gasteiger partial charge in [0.25, 0.3) is 5.91 Å². The predicted molar refractivity (Wildman–Crippen MR) is 123 cm³/mol. The molecule has 31 heavy (non-hydrogen) atoms. The van der Waals surface area contributed by atoms with Crippen LogP contribution < -0.4 is 5.32 Å². The van der Waals surface area contributed by atoms with E-state index < -0.39 is 5.60 Å². The molecule has 2 aromatic rings. The van der Waals surface area contributed by atoms with Crippen LogP contribution in [0.5, 0.6) is 0 Å². The third-order valence-electron chi connectivity index (χ3n) is 6.87. The molecule has 0 aromatic heterocycles. The lowest BCUT2D eigenvalue weighted by molar-refractivity contribution is -0.160. The Kier molecular flexibility index (Phi) is 6.71. The van der Waals surface area contributed by atoms with Gasteiger partial charge in [-0.15, -0.1) is 0 Å². The number of carbonyl (C=O) groups excluding carboxylic acids is 1. The Morgan fingerprint density at radius 2 is 1.55 bits per heavy atom. The molecule has 1 saturated heterocycles. The molecule has 1 aliphatic heterocycles. The van der Waals surface area contributed by atoms with Gasteiger partial charge in [-0.25, -0.2) is 0 Å². The summed E-state index contributed by atoms with van der Waals surface area (Å²) in [6.07, 6.45) is 6.11. The van der Waals surface area contributed by atoms with Gasteiger partial charge >= 0.3 is 0 Å². The highest BCUT2D eigenvalue weighted by molar-refractivity contribution is 5.87. The van der Waals surface area contributed by atoms with Crippen LogP contribution in [0.15, 0.2) is 60.7 Å². The fourth-order valence-electron chi connectivity index (χ4n) is 5.14. The minimum Gasteiger partial charge on any atom is -0.375 e. The second-order valence-corrected chi connectivity index (χ2v) is 8.97. The summed E-state index contributed by atoms with van der Waals surface area (Å²) < 4.78 is 0. The van der Waals surface area contributed by atoms with Crippen molar-refractivity contribution in [2.24, 2.45) is 5.92 Å². The van der Waals surface area contributed by atoms with E-state index in [0.717, 1.165) is 49.7 Å². The molecule has 2 fully saturated rings. The quantitative estimate of drug-likeness (QED) is 0.491. The highest BCUT2D eigenvalue weighted by atomic mass is 16.3. The first-order valence-electron chi connectivity index (χ1n) is 11.5. The number of benzene rings is 2. The number of amides is 1. The lowest BCUT2D eigenvalue weighted by Gasteiger charge is -2.40. The average Bonchev–Trinajstić information content (AvgIpc) is 3.35. The summed E-state index contributed by atoms with van der Waals surface area (Å²) >= 11 is 0. The van der Waals surface area contributed by atoms with Crippen molar-refractivity contribution < 1.29 is 9.90 Å². The molecular weight excluding hydrogens is 386 g/mol. The number of carbonyl (C=O) groups is 1. The van der Waals surface area contributed by atoms with Gasteiger partial charge in [0, 0.05) is 31.5 Å². The first-order chi connectivity index (χ1) is 15.1. The van der Waals surface area contributed by atoms with Crippen molar-refractivity contribution in [1.29, 1.82) is 5.41 Å². The van der Waals surface area contributed by atoms with Crippen LogP contribution in [-0.2, 0) is 16.8 Å². The molecule has 5 nitrogen and oxygen atoms in total.